The Morgan fingerprint density at radius 2 is 1.86 bits per heavy atom. The molecule has 0 amide bonds. The molecule has 0 unspecified atom stereocenters. The van der Waals surface area contributed by atoms with Crippen LogP contribution in [0.3, 0.4) is 0 Å². The lowest BCUT2D eigenvalue weighted by Crippen LogP contribution is -2.30. The van der Waals surface area contributed by atoms with Gasteiger partial charge in [0.05, 0.1) is 0 Å². The molecule has 3 aromatic rings. The Balaban J connectivity index is 1.71. The average Bonchev–Trinajstić information content (AvgIpc) is 3.35. The molecule has 29 heavy (non-hydrogen) atoms. The van der Waals surface area contributed by atoms with Crippen molar-refractivity contribution in [3.8, 4) is 11.5 Å². The van der Waals surface area contributed by atoms with Crippen molar-refractivity contribution in [1.82, 2.24) is 19.1 Å². The van der Waals surface area contributed by atoms with Gasteiger partial charge in [0.1, 0.15) is 10.6 Å². The van der Waals surface area contributed by atoms with Crippen LogP contribution >= 0.6 is 0 Å². The normalized spacial score (nSPS) is 11.7. The van der Waals surface area contributed by atoms with Gasteiger partial charge in [-0.25, -0.2) is 13.2 Å². The van der Waals surface area contributed by atoms with Gasteiger partial charge >= 0.3 is 5.97 Å². The maximum absolute atomic E-state index is 12.6. The number of carbonyl (C=O) groups excluding carboxylic acids is 1. The van der Waals surface area contributed by atoms with Crippen LogP contribution in [-0.2, 0) is 28.4 Å². The standard InChI is InChI=1S/C19H22N4O5S/c1-4-23(5-2)29(25,26)15-11-16(22(3)12-15)19(24)27-13-17-20-21-18(28-17)14-9-7-6-8-10-14/h6-12H,4-5,13H2,1-3H3. The van der Waals surface area contributed by atoms with Crippen molar-refractivity contribution in [1.29, 1.82) is 0 Å². The van der Waals surface area contributed by atoms with E-state index in [1.807, 2.05) is 30.3 Å². The highest BCUT2D eigenvalue weighted by Gasteiger charge is 2.26. The maximum atomic E-state index is 12.6. The number of carbonyl (C=O) groups is 1. The van der Waals surface area contributed by atoms with E-state index in [1.54, 1.807) is 20.9 Å². The van der Waals surface area contributed by atoms with E-state index in [4.69, 9.17) is 9.15 Å². The molecule has 1 aromatic carbocycles. The van der Waals surface area contributed by atoms with E-state index in [9.17, 15) is 13.2 Å². The van der Waals surface area contributed by atoms with Crippen LogP contribution in [0.15, 0.2) is 51.9 Å². The molecule has 9 nitrogen and oxygen atoms in total. The van der Waals surface area contributed by atoms with Crippen LogP contribution in [0, 0.1) is 0 Å². The highest BCUT2D eigenvalue weighted by atomic mass is 32.2. The molecule has 0 aliphatic carbocycles. The van der Waals surface area contributed by atoms with Gasteiger partial charge < -0.3 is 13.7 Å². The van der Waals surface area contributed by atoms with Crippen LogP contribution in [0.2, 0.25) is 0 Å². The lowest BCUT2D eigenvalue weighted by atomic mass is 10.2. The van der Waals surface area contributed by atoms with E-state index in [0.29, 0.717) is 19.0 Å². The van der Waals surface area contributed by atoms with E-state index in [1.165, 1.54) is 21.1 Å². The summed E-state index contributed by atoms with van der Waals surface area (Å²) in [5.74, 6) is -0.224. The van der Waals surface area contributed by atoms with Crippen LogP contribution in [-0.4, -0.2) is 46.5 Å². The number of benzene rings is 1. The minimum Gasteiger partial charge on any atom is -0.451 e. The van der Waals surface area contributed by atoms with E-state index in [0.717, 1.165) is 5.56 Å². The van der Waals surface area contributed by atoms with Gasteiger partial charge in [0, 0.05) is 31.9 Å². The summed E-state index contributed by atoms with van der Waals surface area (Å²) in [7, 11) is -2.09. The lowest BCUT2D eigenvalue weighted by Gasteiger charge is -2.17. The fourth-order valence-electron chi connectivity index (χ4n) is 2.80. The molecule has 10 heteroatoms. The summed E-state index contributed by atoms with van der Waals surface area (Å²) in [6.45, 7) is 3.98. The second-order valence-electron chi connectivity index (χ2n) is 6.20. The number of nitrogens with zero attached hydrogens (tertiary/aromatic N) is 4. The van der Waals surface area contributed by atoms with Gasteiger partial charge in [0.25, 0.3) is 5.89 Å². The van der Waals surface area contributed by atoms with Crippen molar-refractivity contribution in [3.05, 3.63) is 54.2 Å². The zero-order chi connectivity index (χ0) is 21.0. The highest BCUT2D eigenvalue weighted by Crippen LogP contribution is 2.20. The van der Waals surface area contributed by atoms with E-state index < -0.39 is 16.0 Å². The molecule has 0 radical (unpaired) electrons. The molecule has 3 rings (SSSR count). The summed E-state index contributed by atoms with van der Waals surface area (Å²) < 4.78 is 38.7. The van der Waals surface area contributed by atoms with Gasteiger partial charge in [-0.1, -0.05) is 32.0 Å². The second kappa shape index (κ2) is 8.58. The predicted molar refractivity (Wildman–Crippen MR) is 104 cm³/mol. The summed E-state index contributed by atoms with van der Waals surface area (Å²) in [5.41, 5.74) is 0.866. The van der Waals surface area contributed by atoms with E-state index >= 15 is 0 Å². The number of sulfonamides is 1. The van der Waals surface area contributed by atoms with Gasteiger partial charge in [-0.05, 0) is 18.2 Å². The van der Waals surface area contributed by atoms with Crippen molar-refractivity contribution < 1.29 is 22.4 Å². The number of aryl methyl sites for hydroxylation is 1. The number of hydrogen-bond donors (Lipinski definition) is 0. The van der Waals surface area contributed by atoms with Crippen LogP contribution in [0.4, 0.5) is 0 Å². The SMILES string of the molecule is CCN(CC)S(=O)(=O)c1cc(C(=O)OCc2nnc(-c3ccccc3)o2)n(C)c1. The maximum Gasteiger partial charge on any atom is 0.355 e. The highest BCUT2D eigenvalue weighted by molar-refractivity contribution is 7.89. The number of rotatable bonds is 8. The molecule has 0 spiro atoms. The Kier molecular flexibility index (Phi) is 6.14. The molecule has 0 aliphatic heterocycles. The fraction of sp³-hybridized carbons (Fsp3) is 0.316. The third-order valence-electron chi connectivity index (χ3n) is 4.35. The Labute approximate surface area is 169 Å². The zero-order valence-electron chi connectivity index (χ0n) is 16.4. The molecule has 0 N–H and O–H groups in total. The average molecular weight is 418 g/mol. The first-order chi connectivity index (χ1) is 13.9. The van der Waals surface area contributed by atoms with Gasteiger partial charge in [-0.2, -0.15) is 4.31 Å². The predicted octanol–water partition coefficient (Wildman–Crippen LogP) is 2.46. The van der Waals surface area contributed by atoms with Crippen molar-refractivity contribution in [2.45, 2.75) is 25.3 Å². The van der Waals surface area contributed by atoms with Gasteiger partial charge in [-0.3, -0.25) is 0 Å². The Bertz CT molecular complexity index is 1090. The summed E-state index contributed by atoms with van der Waals surface area (Å²) in [6.07, 6.45) is 1.39. The Morgan fingerprint density at radius 1 is 1.17 bits per heavy atom. The Hall–Kier alpha value is -2.98. The molecule has 154 valence electrons. The third-order valence-corrected chi connectivity index (χ3v) is 6.36. The largest absolute Gasteiger partial charge is 0.451 e. The third kappa shape index (κ3) is 4.38. The lowest BCUT2D eigenvalue weighted by molar-refractivity contribution is 0.0427. The van der Waals surface area contributed by atoms with Crippen molar-refractivity contribution in [3.63, 3.8) is 0 Å². The van der Waals surface area contributed by atoms with Crippen LogP contribution in [0.1, 0.15) is 30.2 Å². The molecule has 0 saturated carbocycles. The molecule has 0 saturated heterocycles. The van der Waals surface area contributed by atoms with Gasteiger partial charge in [0.15, 0.2) is 6.61 Å². The van der Waals surface area contributed by atoms with Gasteiger partial charge in [0.2, 0.25) is 15.9 Å². The molecule has 0 aliphatic rings. The first-order valence-electron chi connectivity index (χ1n) is 9.08. The number of hydrogen-bond acceptors (Lipinski definition) is 7. The first-order valence-corrected chi connectivity index (χ1v) is 10.5. The van der Waals surface area contributed by atoms with Crippen LogP contribution in [0.25, 0.3) is 11.5 Å². The van der Waals surface area contributed by atoms with E-state index in [2.05, 4.69) is 10.2 Å². The molecule has 0 fully saturated rings. The quantitative estimate of drug-likeness (QED) is 0.517. The molecular weight excluding hydrogens is 396 g/mol. The molecule has 0 atom stereocenters. The summed E-state index contributed by atoms with van der Waals surface area (Å²) >= 11 is 0. The first kappa shape index (κ1) is 20.7. The topological polar surface area (TPSA) is 108 Å². The molecule has 2 aromatic heterocycles. The fourth-order valence-corrected chi connectivity index (χ4v) is 4.33. The molecule has 0 bridgehead atoms. The van der Waals surface area contributed by atoms with Crippen molar-refractivity contribution in [2.24, 2.45) is 7.05 Å². The monoisotopic (exact) mass is 418 g/mol. The second-order valence-corrected chi connectivity index (χ2v) is 8.14. The number of esters is 1. The summed E-state index contributed by atoms with van der Waals surface area (Å²) in [5, 5.41) is 7.80. The van der Waals surface area contributed by atoms with Crippen molar-refractivity contribution >= 4 is 16.0 Å². The summed E-state index contributed by atoms with van der Waals surface area (Å²) in [4.78, 5) is 12.5. The molecular formula is C19H22N4O5S. The molecule has 2 heterocycles. The number of aromatic nitrogens is 3. The zero-order valence-corrected chi connectivity index (χ0v) is 17.2. The van der Waals surface area contributed by atoms with Gasteiger partial charge in [-0.15, -0.1) is 10.2 Å². The van der Waals surface area contributed by atoms with Crippen molar-refractivity contribution in [2.75, 3.05) is 13.1 Å². The Morgan fingerprint density at radius 3 is 2.52 bits per heavy atom. The smallest absolute Gasteiger partial charge is 0.355 e. The minimum atomic E-state index is -3.67. The minimum absolute atomic E-state index is 0.0415. The summed E-state index contributed by atoms with van der Waals surface area (Å²) in [6, 6.07) is 10.5. The number of ether oxygens (including phenoxy) is 1. The van der Waals surface area contributed by atoms with E-state index in [-0.39, 0.29) is 23.1 Å². The van der Waals surface area contributed by atoms with Crippen LogP contribution in [0.5, 0.6) is 0 Å². The van der Waals surface area contributed by atoms with Crippen LogP contribution < -0.4 is 0 Å².